The van der Waals surface area contributed by atoms with Crippen LogP contribution in [0.2, 0.25) is 0 Å². The van der Waals surface area contributed by atoms with E-state index in [9.17, 15) is 46.0 Å². The molecular formula is C18H30O15. The molecule has 0 radical (unpaired) electrons. The van der Waals surface area contributed by atoms with Crippen LogP contribution in [-0.2, 0) is 28.4 Å². The lowest BCUT2D eigenvalue weighted by molar-refractivity contribution is -0.371. The average Bonchev–Trinajstić information content (AvgIpc) is 3.26. The number of ether oxygens (including phenoxy) is 6. The molecule has 9 N–H and O–H groups in total. The van der Waals surface area contributed by atoms with Crippen molar-refractivity contribution in [2.75, 3.05) is 19.8 Å². The summed E-state index contributed by atoms with van der Waals surface area (Å²) in [4.78, 5) is 0. The van der Waals surface area contributed by atoms with Gasteiger partial charge in [-0.25, -0.2) is 0 Å². The third-order valence-electron chi connectivity index (χ3n) is 6.32. The van der Waals surface area contributed by atoms with Crippen molar-refractivity contribution in [3.05, 3.63) is 0 Å². The molecule has 15 nitrogen and oxygen atoms in total. The van der Waals surface area contributed by atoms with Gasteiger partial charge in [-0.3, -0.25) is 0 Å². The number of aliphatic hydroxyl groups excluding tert-OH is 9. The monoisotopic (exact) mass is 486 g/mol. The first-order chi connectivity index (χ1) is 15.7. The zero-order chi connectivity index (χ0) is 24.0. The van der Waals surface area contributed by atoms with E-state index in [1.807, 2.05) is 0 Å². The zero-order valence-electron chi connectivity index (χ0n) is 17.3. The van der Waals surface area contributed by atoms with Crippen LogP contribution >= 0.6 is 0 Å². The van der Waals surface area contributed by atoms with Crippen LogP contribution in [-0.4, -0.2) is 158 Å². The molecule has 4 saturated heterocycles. The number of hydrogen-bond acceptors (Lipinski definition) is 15. The van der Waals surface area contributed by atoms with Crippen molar-refractivity contribution in [3.8, 4) is 0 Å². The standard InChI is InChI=1S/C18H30O15/c19-1-4-7(21)8(22)11(25)17(29-4)32-14-5(2-20)30-18(13(27)10(14)24)33-15-6-3-28-16(31-6)12(26)9(15)23/h4-27H,1-3H2/t4-,5-,6-,7-,8+,9-,10-,11-,12-,13-,14-,15-,16-,17+,18+/m1/s1. The summed E-state index contributed by atoms with van der Waals surface area (Å²) in [6.45, 7) is -1.45. The van der Waals surface area contributed by atoms with Gasteiger partial charge in [0.2, 0.25) is 0 Å². The number of aliphatic hydroxyl groups is 9. The smallest absolute Gasteiger partial charge is 0.187 e. The molecule has 0 aromatic heterocycles. The summed E-state index contributed by atoms with van der Waals surface area (Å²) in [5, 5.41) is 90.5. The molecule has 0 saturated carbocycles. The lowest BCUT2D eigenvalue weighted by Gasteiger charge is -2.47. The zero-order valence-corrected chi connectivity index (χ0v) is 17.3. The van der Waals surface area contributed by atoms with E-state index >= 15 is 0 Å². The summed E-state index contributed by atoms with van der Waals surface area (Å²) in [6.07, 6.45) is -21.9. The number of fused-ring (bicyclic) bond motifs is 2. The minimum Gasteiger partial charge on any atom is -0.394 e. The molecule has 15 heteroatoms. The average molecular weight is 486 g/mol. The van der Waals surface area contributed by atoms with Crippen LogP contribution in [0.1, 0.15) is 0 Å². The molecule has 4 rings (SSSR count). The van der Waals surface area contributed by atoms with Gasteiger partial charge in [0.1, 0.15) is 73.2 Å². The van der Waals surface area contributed by atoms with Crippen LogP contribution in [0.15, 0.2) is 0 Å². The van der Waals surface area contributed by atoms with Crippen molar-refractivity contribution in [1.82, 2.24) is 0 Å². The lowest BCUT2D eigenvalue weighted by Crippen LogP contribution is -2.66. The Morgan fingerprint density at radius 2 is 1.12 bits per heavy atom. The van der Waals surface area contributed by atoms with E-state index < -0.39 is 105 Å². The van der Waals surface area contributed by atoms with Crippen LogP contribution in [0, 0.1) is 0 Å². The maximum Gasteiger partial charge on any atom is 0.187 e. The topological polar surface area (TPSA) is 237 Å². The summed E-state index contributed by atoms with van der Waals surface area (Å²) in [7, 11) is 0. The third kappa shape index (κ3) is 4.65. The van der Waals surface area contributed by atoms with Crippen LogP contribution in [0.25, 0.3) is 0 Å². The van der Waals surface area contributed by atoms with E-state index in [0.29, 0.717) is 0 Å². The van der Waals surface area contributed by atoms with Gasteiger partial charge in [-0.15, -0.1) is 0 Å². The normalized spacial score (nSPS) is 55.0. The van der Waals surface area contributed by atoms with Gasteiger partial charge in [0, 0.05) is 0 Å². The fraction of sp³-hybridized carbons (Fsp3) is 1.00. The molecule has 2 bridgehead atoms. The van der Waals surface area contributed by atoms with Gasteiger partial charge in [-0.2, -0.15) is 0 Å². The van der Waals surface area contributed by atoms with Gasteiger partial charge < -0.3 is 74.4 Å². The maximum atomic E-state index is 10.6. The van der Waals surface area contributed by atoms with E-state index in [4.69, 9.17) is 28.4 Å². The molecule has 4 heterocycles. The number of hydrogen-bond donors (Lipinski definition) is 9. The van der Waals surface area contributed by atoms with Crippen molar-refractivity contribution in [3.63, 3.8) is 0 Å². The molecule has 0 amide bonds. The quantitative estimate of drug-likeness (QED) is 0.170. The molecule has 0 spiro atoms. The molecule has 33 heavy (non-hydrogen) atoms. The molecule has 4 aliphatic heterocycles. The molecule has 0 unspecified atom stereocenters. The van der Waals surface area contributed by atoms with Crippen LogP contribution in [0.3, 0.4) is 0 Å². The van der Waals surface area contributed by atoms with Crippen LogP contribution in [0.5, 0.6) is 0 Å². The largest absolute Gasteiger partial charge is 0.394 e. The summed E-state index contributed by atoms with van der Waals surface area (Å²) >= 11 is 0. The van der Waals surface area contributed by atoms with E-state index in [2.05, 4.69) is 0 Å². The second kappa shape index (κ2) is 10.2. The Hall–Kier alpha value is -0.600. The Labute approximate surface area is 187 Å². The summed E-state index contributed by atoms with van der Waals surface area (Å²) in [5.74, 6) is 0. The minimum absolute atomic E-state index is 0.00109. The Morgan fingerprint density at radius 1 is 0.576 bits per heavy atom. The first-order valence-electron chi connectivity index (χ1n) is 10.5. The third-order valence-corrected chi connectivity index (χ3v) is 6.32. The fourth-order valence-corrected chi connectivity index (χ4v) is 4.36. The summed E-state index contributed by atoms with van der Waals surface area (Å²) in [6, 6.07) is 0. The van der Waals surface area contributed by atoms with Crippen LogP contribution in [0.4, 0.5) is 0 Å². The highest BCUT2D eigenvalue weighted by atomic mass is 16.8. The van der Waals surface area contributed by atoms with Crippen molar-refractivity contribution in [2.45, 2.75) is 92.1 Å². The van der Waals surface area contributed by atoms with E-state index in [1.54, 1.807) is 0 Å². The highest BCUT2D eigenvalue weighted by Gasteiger charge is 2.55. The van der Waals surface area contributed by atoms with Crippen molar-refractivity contribution < 1.29 is 74.4 Å². The van der Waals surface area contributed by atoms with Gasteiger partial charge in [-0.1, -0.05) is 0 Å². The van der Waals surface area contributed by atoms with Crippen molar-refractivity contribution in [1.29, 1.82) is 0 Å². The predicted molar refractivity (Wildman–Crippen MR) is 97.9 cm³/mol. The Balaban J connectivity index is 1.44. The lowest BCUT2D eigenvalue weighted by atomic mass is 9.96. The first kappa shape index (κ1) is 25.5. The molecule has 0 aromatic carbocycles. The summed E-state index contributed by atoms with van der Waals surface area (Å²) in [5.41, 5.74) is 0. The van der Waals surface area contributed by atoms with Crippen LogP contribution < -0.4 is 0 Å². The molecule has 0 aliphatic carbocycles. The van der Waals surface area contributed by atoms with Gasteiger partial charge in [0.25, 0.3) is 0 Å². The van der Waals surface area contributed by atoms with Crippen molar-refractivity contribution in [2.24, 2.45) is 0 Å². The molecule has 4 fully saturated rings. The fourth-order valence-electron chi connectivity index (χ4n) is 4.36. The molecular weight excluding hydrogens is 456 g/mol. The van der Waals surface area contributed by atoms with E-state index in [0.717, 1.165) is 0 Å². The highest BCUT2D eigenvalue weighted by Crippen LogP contribution is 2.34. The second-order valence-corrected chi connectivity index (χ2v) is 8.46. The Kier molecular flexibility index (Phi) is 7.86. The van der Waals surface area contributed by atoms with Gasteiger partial charge >= 0.3 is 0 Å². The van der Waals surface area contributed by atoms with Crippen molar-refractivity contribution >= 4 is 0 Å². The Bertz CT molecular complexity index is 650. The SMILES string of the molecule is OC[C@H]1O[C@@H](O[C@H]2[C@H](O)[C@@H](O)[C@H](O[C@H]3[C@H](O)[C@@H](O)[C@@H]4OC[C@H]3O4)O[C@@H]2CO)[C@H](O)[C@@H](O)[C@@H]1O. The molecule has 0 aromatic rings. The summed E-state index contributed by atoms with van der Waals surface area (Å²) < 4.78 is 32.4. The first-order valence-corrected chi connectivity index (χ1v) is 10.5. The highest BCUT2D eigenvalue weighted by molar-refractivity contribution is 4.97. The maximum absolute atomic E-state index is 10.6. The van der Waals surface area contributed by atoms with Gasteiger partial charge in [0.15, 0.2) is 18.9 Å². The van der Waals surface area contributed by atoms with E-state index in [-0.39, 0.29) is 6.61 Å². The Morgan fingerprint density at radius 3 is 1.76 bits per heavy atom. The molecule has 192 valence electrons. The predicted octanol–water partition coefficient (Wildman–Crippen LogP) is -6.53. The van der Waals surface area contributed by atoms with E-state index in [1.165, 1.54) is 0 Å². The second-order valence-electron chi connectivity index (χ2n) is 8.46. The molecule has 4 aliphatic rings. The van der Waals surface area contributed by atoms with Gasteiger partial charge in [-0.05, 0) is 0 Å². The molecule has 15 atom stereocenters. The minimum atomic E-state index is -1.79. The van der Waals surface area contributed by atoms with Gasteiger partial charge in [0.05, 0.1) is 19.8 Å². The number of rotatable bonds is 6.